The van der Waals surface area contributed by atoms with Crippen molar-refractivity contribution in [1.82, 2.24) is 4.98 Å². The molecular formula is C14H13ClN2OS. The van der Waals surface area contributed by atoms with Crippen molar-refractivity contribution in [3.8, 4) is 5.75 Å². The standard InChI is InChI=1S/C14H13ClN2OS/c15-13-8-17-6-5-11(13)9-18-12-3-1-10(2-4-12)7-14(16)19/h1-6,8H,7,9H2,(H2,16,19). The van der Waals surface area contributed by atoms with Gasteiger partial charge in [-0.15, -0.1) is 0 Å². The summed E-state index contributed by atoms with van der Waals surface area (Å²) in [6.45, 7) is 0.413. The Bertz CT molecular complexity index is 572. The number of rotatable bonds is 5. The lowest BCUT2D eigenvalue weighted by molar-refractivity contribution is 0.306. The molecule has 0 unspecified atom stereocenters. The van der Waals surface area contributed by atoms with E-state index < -0.39 is 0 Å². The van der Waals surface area contributed by atoms with Gasteiger partial charge in [0.15, 0.2) is 0 Å². The molecule has 98 valence electrons. The fraction of sp³-hybridized carbons (Fsp3) is 0.143. The van der Waals surface area contributed by atoms with E-state index in [0.29, 0.717) is 23.0 Å². The van der Waals surface area contributed by atoms with Gasteiger partial charge in [-0.3, -0.25) is 4.98 Å². The molecule has 0 bridgehead atoms. The molecule has 2 aromatic rings. The molecule has 2 rings (SSSR count). The lowest BCUT2D eigenvalue weighted by Gasteiger charge is -2.08. The maximum absolute atomic E-state index is 6.00. The van der Waals surface area contributed by atoms with E-state index in [0.717, 1.165) is 16.9 Å². The molecule has 3 nitrogen and oxygen atoms in total. The van der Waals surface area contributed by atoms with E-state index in [2.05, 4.69) is 4.98 Å². The fourth-order valence-corrected chi connectivity index (χ4v) is 1.93. The van der Waals surface area contributed by atoms with Gasteiger partial charge in [-0.25, -0.2) is 0 Å². The number of pyridine rings is 1. The SMILES string of the molecule is NC(=S)Cc1ccc(OCc2ccncc2Cl)cc1. The lowest BCUT2D eigenvalue weighted by atomic mass is 10.1. The average molecular weight is 293 g/mol. The predicted octanol–water partition coefficient (Wildman–Crippen LogP) is 3.14. The Morgan fingerprint density at radius 2 is 2.00 bits per heavy atom. The van der Waals surface area contributed by atoms with Crippen LogP contribution >= 0.6 is 23.8 Å². The smallest absolute Gasteiger partial charge is 0.119 e. The van der Waals surface area contributed by atoms with E-state index >= 15 is 0 Å². The highest BCUT2D eigenvalue weighted by Gasteiger charge is 2.01. The Balaban J connectivity index is 1.97. The van der Waals surface area contributed by atoms with Gasteiger partial charge >= 0.3 is 0 Å². The molecule has 2 N–H and O–H groups in total. The minimum absolute atomic E-state index is 0.413. The second-order valence-electron chi connectivity index (χ2n) is 4.04. The Morgan fingerprint density at radius 3 is 2.63 bits per heavy atom. The van der Waals surface area contributed by atoms with Gasteiger partial charge in [-0.2, -0.15) is 0 Å². The quantitative estimate of drug-likeness (QED) is 0.860. The summed E-state index contributed by atoms with van der Waals surface area (Å²) in [6.07, 6.45) is 3.90. The molecular weight excluding hydrogens is 280 g/mol. The number of ether oxygens (including phenoxy) is 1. The molecule has 0 aliphatic carbocycles. The van der Waals surface area contributed by atoms with Gasteiger partial charge in [-0.05, 0) is 23.8 Å². The van der Waals surface area contributed by atoms with Crippen molar-refractivity contribution < 1.29 is 4.74 Å². The summed E-state index contributed by atoms with van der Waals surface area (Å²) in [5, 5.41) is 0.604. The van der Waals surface area contributed by atoms with Crippen LogP contribution in [0.3, 0.4) is 0 Å². The van der Waals surface area contributed by atoms with Crippen LogP contribution in [0, 0.1) is 0 Å². The predicted molar refractivity (Wildman–Crippen MR) is 80.5 cm³/mol. The van der Waals surface area contributed by atoms with Crippen LogP contribution < -0.4 is 10.5 Å². The summed E-state index contributed by atoms with van der Waals surface area (Å²) in [6, 6.07) is 9.51. The van der Waals surface area contributed by atoms with Gasteiger partial charge in [0.05, 0.1) is 10.0 Å². The first kappa shape index (κ1) is 13.8. The van der Waals surface area contributed by atoms with E-state index in [4.69, 9.17) is 34.3 Å². The number of benzene rings is 1. The third-order valence-electron chi connectivity index (χ3n) is 2.55. The molecule has 0 fully saturated rings. The van der Waals surface area contributed by atoms with Crippen molar-refractivity contribution in [2.45, 2.75) is 13.0 Å². The molecule has 0 atom stereocenters. The fourth-order valence-electron chi connectivity index (χ4n) is 1.59. The highest BCUT2D eigenvalue weighted by Crippen LogP contribution is 2.18. The molecule has 1 heterocycles. The summed E-state index contributed by atoms with van der Waals surface area (Å²) < 4.78 is 5.66. The Labute approximate surface area is 122 Å². The van der Waals surface area contributed by atoms with E-state index in [-0.39, 0.29) is 0 Å². The zero-order valence-electron chi connectivity index (χ0n) is 10.2. The van der Waals surface area contributed by atoms with Gasteiger partial charge in [0.2, 0.25) is 0 Å². The number of nitrogens with zero attached hydrogens (tertiary/aromatic N) is 1. The van der Waals surface area contributed by atoms with Crippen LogP contribution in [0.4, 0.5) is 0 Å². The van der Waals surface area contributed by atoms with Crippen LogP contribution in [0.5, 0.6) is 5.75 Å². The zero-order valence-corrected chi connectivity index (χ0v) is 11.7. The Hall–Kier alpha value is -1.65. The first-order valence-electron chi connectivity index (χ1n) is 5.73. The minimum atomic E-state index is 0.413. The van der Waals surface area contributed by atoms with Gasteiger partial charge in [0.25, 0.3) is 0 Å². The second-order valence-corrected chi connectivity index (χ2v) is 4.97. The summed E-state index contributed by atoms with van der Waals surface area (Å²) in [4.78, 5) is 4.41. The molecule has 0 radical (unpaired) electrons. The molecule has 0 saturated carbocycles. The highest BCUT2D eigenvalue weighted by atomic mass is 35.5. The third-order valence-corrected chi connectivity index (χ3v) is 3.04. The van der Waals surface area contributed by atoms with Crippen LogP contribution in [0.15, 0.2) is 42.7 Å². The maximum atomic E-state index is 6.00. The normalized spacial score (nSPS) is 10.2. The van der Waals surface area contributed by atoms with E-state index in [1.165, 1.54) is 0 Å². The van der Waals surface area contributed by atoms with Gasteiger partial charge in [-0.1, -0.05) is 36.0 Å². The van der Waals surface area contributed by atoms with Gasteiger partial charge < -0.3 is 10.5 Å². The molecule has 1 aromatic heterocycles. The van der Waals surface area contributed by atoms with Crippen LogP contribution in [-0.2, 0) is 13.0 Å². The zero-order chi connectivity index (χ0) is 13.7. The average Bonchev–Trinajstić information content (AvgIpc) is 2.39. The first-order valence-corrected chi connectivity index (χ1v) is 6.52. The number of hydrogen-bond donors (Lipinski definition) is 1. The van der Waals surface area contributed by atoms with Crippen LogP contribution in [0.25, 0.3) is 0 Å². The van der Waals surface area contributed by atoms with Crippen molar-refractivity contribution in [3.05, 3.63) is 58.9 Å². The maximum Gasteiger partial charge on any atom is 0.119 e. The van der Waals surface area contributed by atoms with Gasteiger partial charge in [0, 0.05) is 24.4 Å². The molecule has 0 aliphatic heterocycles. The van der Waals surface area contributed by atoms with Crippen molar-refractivity contribution in [1.29, 1.82) is 0 Å². The van der Waals surface area contributed by atoms with E-state index in [1.807, 2.05) is 30.3 Å². The van der Waals surface area contributed by atoms with Crippen molar-refractivity contribution >= 4 is 28.8 Å². The molecule has 1 aromatic carbocycles. The van der Waals surface area contributed by atoms with E-state index in [1.54, 1.807) is 12.4 Å². The minimum Gasteiger partial charge on any atom is -0.489 e. The molecule has 0 amide bonds. The largest absolute Gasteiger partial charge is 0.489 e. The molecule has 0 aliphatic rings. The summed E-state index contributed by atoms with van der Waals surface area (Å²) in [5.41, 5.74) is 7.47. The number of aromatic nitrogens is 1. The lowest BCUT2D eigenvalue weighted by Crippen LogP contribution is -2.10. The molecule has 5 heteroatoms. The van der Waals surface area contributed by atoms with Crippen molar-refractivity contribution in [2.75, 3.05) is 0 Å². The first-order chi connectivity index (χ1) is 9.15. The summed E-state index contributed by atoms with van der Waals surface area (Å²) in [5.74, 6) is 0.777. The molecule has 0 saturated heterocycles. The second kappa shape index (κ2) is 6.50. The Morgan fingerprint density at radius 1 is 1.26 bits per heavy atom. The van der Waals surface area contributed by atoms with Crippen LogP contribution in [0.1, 0.15) is 11.1 Å². The monoisotopic (exact) mass is 292 g/mol. The molecule has 0 spiro atoms. The highest BCUT2D eigenvalue weighted by molar-refractivity contribution is 7.80. The Kier molecular flexibility index (Phi) is 4.71. The van der Waals surface area contributed by atoms with Crippen molar-refractivity contribution in [2.24, 2.45) is 5.73 Å². The third kappa shape index (κ3) is 4.19. The van der Waals surface area contributed by atoms with Crippen LogP contribution in [0.2, 0.25) is 5.02 Å². The number of halogens is 1. The summed E-state index contributed by atoms with van der Waals surface area (Å²) >= 11 is 10.9. The summed E-state index contributed by atoms with van der Waals surface area (Å²) in [7, 11) is 0. The number of nitrogens with two attached hydrogens (primary N) is 1. The number of thiocarbonyl (C=S) groups is 1. The van der Waals surface area contributed by atoms with Crippen molar-refractivity contribution in [3.63, 3.8) is 0 Å². The van der Waals surface area contributed by atoms with Gasteiger partial charge in [0.1, 0.15) is 12.4 Å². The van der Waals surface area contributed by atoms with E-state index in [9.17, 15) is 0 Å². The molecule has 19 heavy (non-hydrogen) atoms. The topological polar surface area (TPSA) is 48.1 Å². The van der Waals surface area contributed by atoms with Crippen LogP contribution in [-0.4, -0.2) is 9.97 Å². The number of hydrogen-bond acceptors (Lipinski definition) is 3.